The second-order valence-electron chi connectivity index (χ2n) is 10.3. The number of carbonyl (C=O) groups excluding carboxylic acids is 2. The van der Waals surface area contributed by atoms with Gasteiger partial charge in [0, 0.05) is 63.0 Å². The van der Waals surface area contributed by atoms with Gasteiger partial charge in [-0.3, -0.25) is 19.2 Å². The molecule has 1 aromatic heterocycles. The van der Waals surface area contributed by atoms with Crippen molar-refractivity contribution >= 4 is 17.6 Å². The van der Waals surface area contributed by atoms with Gasteiger partial charge in [0.05, 0.1) is 12.8 Å². The summed E-state index contributed by atoms with van der Waals surface area (Å²) < 4.78 is 45.5. The highest BCUT2D eigenvalue weighted by atomic mass is 19.4. The molecule has 11 heteroatoms. The van der Waals surface area contributed by atoms with Gasteiger partial charge in [-0.15, -0.1) is 0 Å². The summed E-state index contributed by atoms with van der Waals surface area (Å²) in [4.78, 5) is 32.1. The van der Waals surface area contributed by atoms with Gasteiger partial charge in [0.1, 0.15) is 5.84 Å². The first-order valence-corrected chi connectivity index (χ1v) is 12.7. The van der Waals surface area contributed by atoms with Crippen molar-refractivity contribution in [3.63, 3.8) is 0 Å². The second-order valence-corrected chi connectivity index (χ2v) is 10.3. The highest BCUT2D eigenvalue weighted by Crippen LogP contribution is 2.35. The predicted octanol–water partition coefficient (Wildman–Crippen LogP) is 3.52. The number of amides is 2. The van der Waals surface area contributed by atoms with E-state index >= 15 is 0 Å². The Morgan fingerprint density at radius 1 is 1.00 bits per heavy atom. The average Bonchev–Trinajstić information content (AvgIpc) is 3.62. The number of benzene rings is 2. The van der Waals surface area contributed by atoms with Crippen molar-refractivity contribution in [3.8, 4) is 22.3 Å². The molecule has 8 nitrogen and oxygen atoms in total. The molecule has 6 rings (SSSR count). The van der Waals surface area contributed by atoms with Crippen LogP contribution in [0.4, 0.5) is 13.2 Å². The number of hydrogen-bond donors (Lipinski definition) is 0. The molecule has 0 aliphatic carbocycles. The third kappa shape index (κ3) is 4.60. The molecule has 1 atom stereocenters. The largest absolute Gasteiger partial charge is 0.471 e. The summed E-state index contributed by atoms with van der Waals surface area (Å²) in [6, 6.07) is 15.9. The van der Waals surface area contributed by atoms with E-state index in [2.05, 4.69) is 5.10 Å². The summed E-state index contributed by atoms with van der Waals surface area (Å²) >= 11 is 0. The highest BCUT2D eigenvalue weighted by Gasteiger charge is 2.53. The summed E-state index contributed by atoms with van der Waals surface area (Å²) in [5.74, 6) is -1.82. The summed E-state index contributed by atoms with van der Waals surface area (Å²) in [6.07, 6.45) is -0.670. The van der Waals surface area contributed by atoms with Crippen LogP contribution < -0.4 is 0 Å². The number of rotatable bonds is 5. The van der Waals surface area contributed by atoms with Crippen molar-refractivity contribution in [3.05, 3.63) is 66.5 Å². The Balaban J connectivity index is 1.20. The zero-order chi connectivity index (χ0) is 27.4. The molecule has 0 bridgehead atoms. The van der Waals surface area contributed by atoms with Gasteiger partial charge in [-0.25, -0.2) is 4.99 Å². The number of aliphatic imine (C=N–C) groups is 1. The lowest BCUT2D eigenvalue weighted by Gasteiger charge is -2.41. The Hall–Kier alpha value is -3.99. The predicted molar refractivity (Wildman–Crippen MR) is 137 cm³/mol. The maximum absolute atomic E-state index is 13.5. The molecule has 2 amide bonds. The first-order valence-electron chi connectivity index (χ1n) is 12.7. The molecule has 1 spiro atoms. The van der Waals surface area contributed by atoms with Crippen LogP contribution in [0.15, 0.2) is 65.9 Å². The zero-order valence-corrected chi connectivity index (χ0v) is 21.2. The van der Waals surface area contributed by atoms with Gasteiger partial charge in [0.15, 0.2) is 5.54 Å². The van der Waals surface area contributed by atoms with E-state index in [-0.39, 0.29) is 38.1 Å². The van der Waals surface area contributed by atoms with E-state index in [1.165, 1.54) is 0 Å². The first kappa shape index (κ1) is 25.3. The molecule has 4 heterocycles. The number of aromatic nitrogens is 2. The van der Waals surface area contributed by atoms with E-state index in [1.807, 2.05) is 68.0 Å². The van der Waals surface area contributed by atoms with E-state index in [4.69, 9.17) is 9.73 Å². The maximum Gasteiger partial charge on any atom is 0.471 e. The van der Waals surface area contributed by atoms with Crippen LogP contribution in [-0.2, 0) is 21.4 Å². The standard InChI is InChI=1S/C28H26F3N5O3/c1-34-16-23(12-32-34)21-4-2-19(3-5-21)20-6-8-22(9-7-20)24-33-27(10-11-39-17-27)25(37)36(24)15-18-13-35(14-18)26(38)28(29,30)31/h2-9,12,16,18H,10-11,13-15,17H2,1H3. The molecule has 0 N–H and O–H groups in total. The van der Waals surface area contributed by atoms with E-state index in [9.17, 15) is 22.8 Å². The van der Waals surface area contributed by atoms with Crippen molar-refractivity contribution < 1.29 is 27.5 Å². The minimum atomic E-state index is -4.90. The molecule has 39 heavy (non-hydrogen) atoms. The minimum Gasteiger partial charge on any atom is -0.378 e. The third-order valence-corrected chi connectivity index (χ3v) is 7.55. The van der Waals surface area contributed by atoms with Crippen LogP contribution in [0.25, 0.3) is 22.3 Å². The molecule has 3 aliphatic heterocycles. The number of hydrogen-bond acceptors (Lipinski definition) is 5. The fourth-order valence-corrected chi connectivity index (χ4v) is 5.38. The lowest BCUT2D eigenvalue weighted by molar-refractivity contribution is -0.191. The molecule has 2 saturated heterocycles. The van der Waals surface area contributed by atoms with Gasteiger partial charge in [-0.1, -0.05) is 48.5 Å². The van der Waals surface area contributed by atoms with Crippen LogP contribution in [0.2, 0.25) is 0 Å². The molecule has 202 valence electrons. The van der Waals surface area contributed by atoms with E-state index in [1.54, 1.807) is 9.58 Å². The zero-order valence-electron chi connectivity index (χ0n) is 21.2. The number of halogens is 3. The highest BCUT2D eigenvalue weighted by molar-refractivity contribution is 6.15. The summed E-state index contributed by atoms with van der Waals surface area (Å²) in [5.41, 5.74) is 3.86. The minimum absolute atomic E-state index is 0.0487. The van der Waals surface area contributed by atoms with Crippen LogP contribution >= 0.6 is 0 Å². The van der Waals surface area contributed by atoms with Crippen molar-refractivity contribution in [1.29, 1.82) is 0 Å². The number of nitrogens with zero attached hydrogens (tertiary/aromatic N) is 5. The SMILES string of the molecule is Cn1cc(-c2ccc(-c3ccc(C4=NC5(CCOC5)C(=O)N4CC4CN(C(=O)C(F)(F)F)C4)cc3)cc2)cn1. The molecule has 0 radical (unpaired) electrons. The monoisotopic (exact) mass is 537 g/mol. The number of likely N-dealkylation sites (tertiary alicyclic amines) is 1. The van der Waals surface area contributed by atoms with Crippen LogP contribution in [-0.4, -0.2) is 81.8 Å². The lowest BCUT2D eigenvalue weighted by atomic mass is 9.96. The fourth-order valence-electron chi connectivity index (χ4n) is 5.38. The van der Waals surface area contributed by atoms with E-state index in [0.29, 0.717) is 18.9 Å². The molecule has 2 fully saturated rings. The van der Waals surface area contributed by atoms with Crippen LogP contribution in [0.5, 0.6) is 0 Å². The first-order chi connectivity index (χ1) is 18.6. The third-order valence-electron chi connectivity index (χ3n) is 7.55. The Morgan fingerprint density at radius 3 is 2.10 bits per heavy atom. The molecule has 2 aromatic carbocycles. The normalized spacial score (nSPS) is 21.5. The van der Waals surface area contributed by atoms with Gasteiger partial charge >= 0.3 is 12.1 Å². The van der Waals surface area contributed by atoms with Gasteiger partial charge in [-0.05, 0) is 16.7 Å². The van der Waals surface area contributed by atoms with Crippen LogP contribution in [0.3, 0.4) is 0 Å². The summed E-state index contributed by atoms with van der Waals surface area (Å²) in [7, 11) is 1.88. The van der Waals surface area contributed by atoms with Gasteiger partial charge < -0.3 is 9.64 Å². The fraction of sp³-hybridized carbons (Fsp3) is 0.357. The van der Waals surface area contributed by atoms with Gasteiger partial charge in [-0.2, -0.15) is 18.3 Å². The number of ether oxygens (including phenoxy) is 1. The molecular formula is C28H26F3N5O3. The Kier molecular flexibility index (Phi) is 6.05. The molecular weight excluding hydrogens is 511 g/mol. The van der Waals surface area contributed by atoms with Crippen LogP contribution in [0.1, 0.15) is 12.0 Å². The lowest BCUT2D eigenvalue weighted by Crippen LogP contribution is -2.58. The maximum atomic E-state index is 13.5. The smallest absolute Gasteiger partial charge is 0.378 e. The van der Waals surface area contributed by atoms with Crippen molar-refractivity contribution in [2.24, 2.45) is 18.0 Å². The van der Waals surface area contributed by atoms with Gasteiger partial charge in [0.25, 0.3) is 5.91 Å². The summed E-state index contributed by atoms with van der Waals surface area (Å²) in [6.45, 7) is 0.691. The molecule has 3 aliphatic rings. The Labute approximate surface area is 222 Å². The quantitative estimate of drug-likeness (QED) is 0.499. The van der Waals surface area contributed by atoms with Crippen molar-refractivity contribution in [2.45, 2.75) is 18.1 Å². The average molecular weight is 538 g/mol. The Bertz CT molecular complexity index is 1430. The Morgan fingerprint density at radius 2 is 1.59 bits per heavy atom. The number of amidine groups is 1. The molecule has 0 saturated carbocycles. The van der Waals surface area contributed by atoms with Crippen molar-refractivity contribution in [2.75, 3.05) is 32.8 Å². The van der Waals surface area contributed by atoms with Gasteiger partial charge in [0.2, 0.25) is 0 Å². The number of alkyl halides is 3. The topological polar surface area (TPSA) is 80.0 Å². The molecule has 3 aromatic rings. The van der Waals surface area contributed by atoms with E-state index < -0.39 is 17.6 Å². The number of carbonyl (C=O) groups is 2. The van der Waals surface area contributed by atoms with E-state index in [0.717, 1.165) is 32.7 Å². The number of aryl methyl sites for hydroxylation is 1. The van der Waals surface area contributed by atoms with Crippen LogP contribution in [0, 0.1) is 5.92 Å². The summed E-state index contributed by atoms with van der Waals surface area (Å²) in [5, 5.41) is 4.21. The van der Waals surface area contributed by atoms with Crippen molar-refractivity contribution in [1.82, 2.24) is 19.6 Å². The second kappa shape index (κ2) is 9.33. The molecule has 1 unspecified atom stereocenters.